The Labute approximate surface area is 129 Å². The van der Waals surface area contributed by atoms with Crippen molar-refractivity contribution < 1.29 is 4.74 Å². The van der Waals surface area contributed by atoms with Crippen LogP contribution in [-0.2, 0) is 6.54 Å². The number of rotatable bonds is 5. The first-order chi connectivity index (χ1) is 10.3. The Morgan fingerprint density at radius 1 is 1.33 bits per heavy atom. The minimum Gasteiger partial charge on any atom is -0.497 e. The summed E-state index contributed by atoms with van der Waals surface area (Å²) in [5.74, 6) is 3.39. The Balaban J connectivity index is 1.59. The van der Waals surface area contributed by atoms with Crippen LogP contribution in [0, 0.1) is 0 Å². The summed E-state index contributed by atoms with van der Waals surface area (Å²) in [6, 6.07) is 10.6. The van der Waals surface area contributed by atoms with Crippen LogP contribution in [0.3, 0.4) is 0 Å². The van der Waals surface area contributed by atoms with Gasteiger partial charge in [0.2, 0.25) is 0 Å². The normalized spacial score (nSPS) is 18.6. The molecule has 0 spiro atoms. The summed E-state index contributed by atoms with van der Waals surface area (Å²) in [6.45, 7) is 0.842. The molecule has 0 bridgehead atoms. The van der Waals surface area contributed by atoms with Gasteiger partial charge < -0.3 is 10.1 Å². The number of benzene rings is 1. The van der Waals surface area contributed by atoms with Crippen molar-refractivity contribution >= 4 is 11.8 Å². The molecule has 0 radical (unpaired) electrons. The zero-order chi connectivity index (χ0) is 14.5. The highest BCUT2D eigenvalue weighted by atomic mass is 32.2. The zero-order valence-electron chi connectivity index (χ0n) is 12.3. The number of ether oxygens (including phenoxy) is 1. The Kier molecular flexibility index (Phi) is 4.83. The lowest BCUT2D eigenvalue weighted by atomic mass is 10.2. The van der Waals surface area contributed by atoms with E-state index in [1.807, 2.05) is 46.9 Å². The molecule has 1 saturated heterocycles. The summed E-state index contributed by atoms with van der Waals surface area (Å²) in [4.78, 5) is 0. The predicted octanol–water partition coefficient (Wildman–Crippen LogP) is 2.87. The molecule has 2 heterocycles. The first-order valence-electron chi connectivity index (χ1n) is 7.35. The number of hydrogen-bond donors (Lipinski definition) is 1. The molecule has 112 valence electrons. The molecule has 1 atom stereocenters. The van der Waals surface area contributed by atoms with E-state index in [1.54, 1.807) is 7.11 Å². The molecule has 0 unspecified atom stereocenters. The molecule has 1 N–H and O–H groups in total. The highest BCUT2D eigenvalue weighted by Gasteiger charge is 2.13. The first kappa shape index (κ1) is 14.5. The van der Waals surface area contributed by atoms with Gasteiger partial charge in [0.15, 0.2) is 0 Å². The summed E-state index contributed by atoms with van der Waals surface area (Å²) in [7, 11) is 1.68. The van der Waals surface area contributed by atoms with Gasteiger partial charge >= 0.3 is 0 Å². The van der Waals surface area contributed by atoms with Crippen LogP contribution >= 0.6 is 11.8 Å². The maximum Gasteiger partial charge on any atom is 0.119 e. The predicted molar refractivity (Wildman–Crippen MR) is 87.3 cm³/mol. The van der Waals surface area contributed by atoms with E-state index in [2.05, 4.69) is 16.5 Å². The second-order valence-corrected chi connectivity index (χ2v) is 6.39. The fourth-order valence-electron chi connectivity index (χ4n) is 2.49. The minimum absolute atomic E-state index is 0.634. The number of nitrogens with zero attached hydrogens (tertiary/aromatic N) is 2. The molecule has 0 saturated carbocycles. The van der Waals surface area contributed by atoms with Crippen LogP contribution < -0.4 is 10.1 Å². The molecule has 1 fully saturated rings. The monoisotopic (exact) mass is 303 g/mol. The van der Waals surface area contributed by atoms with Gasteiger partial charge in [0.25, 0.3) is 0 Å². The standard InChI is InChI=1S/C16H21N3OS/c1-20-16-6-4-15(5-7-16)19-9-8-13(18-19)11-17-14-3-2-10-21-12-14/h4-9,14,17H,2-3,10-12H2,1H3/t14-/m0/s1. The van der Waals surface area contributed by atoms with E-state index in [0.29, 0.717) is 6.04 Å². The van der Waals surface area contributed by atoms with Crippen molar-refractivity contribution in [2.45, 2.75) is 25.4 Å². The molecule has 3 rings (SSSR count). The molecule has 1 aromatic carbocycles. The molecule has 4 nitrogen and oxygen atoms in total. The van der Waals surface area contributed by atoms with Crippen molar-refractivity contribution in [3.8, 4) is 11.4 Å². The quantitative estimate of drug-likeness (QED) is 0.922. The lowest BCUT2D eigenvalue weighted by Gasteiger charge is -2.21. The smallest absolute Gasteiger partial charge is 0.119 e. The fraction of sp³-hybridized carbons (Fsp3) is 0.438. The summed E-state index contributed by atoms with van der Waals surface area (Å²) in [5, 5.41) is 8.23. The Morgan fingerprint density at radius 2 is 2.19 bits per heavy atom. The summed E-state index contributed by atoms with van der Waals surface area (Å²) < 4.78 is 7.08. The van der Waals surface area contributed by atoms with Gasteiger partial charge in [-0.05, 0) is 48.9 Å². The molecule has 1 aromatic heterocycles. The van der Waals surface area contributed by atoms with Gasteiger partial charge in [0.1, 0.15) is 5.75 Å². The third-order valence-electron chi connectivity index (χ3n) is 3.71. The molecule has 0 amide bonds. The van der Waals surface area contributed by atoms with Gasteiger partial charge in [-0.2, -0.15) is 16.9 Å². The molecular formula is C16H21N3OS. The van der Waals surface area contributed by atoms with Crippen molar-refractivity contribution in [2.24, 2.45) is 0 Å². The third kappa shape index (κ3) is 3.80. The lowest BCUT2D eigenvalue weighted by molar-refractivity contribution is 0.414. The Hall–Kier alpha value is -1.46. The topological polar surface area (TPSA) is 39.1 Å². The van der Waals surface area contributed by atoms with E-state index >= 15 is 0 Å². The summed E-state index contributed by atoms with van der Waals surface area (Å²) >= 11 is 2.04. The number of aromatic nitrogens is 2. The Bertz CT molecular complexity index is 561. The maximum atomic E-state index is 5.17. The molecule has 21 heavy (non-hydrogen) atoms. The van der Waals surface area contributed by atoms with Crippen LogP contribution in [0.4, 0.5) is 0 Å². The van der Waals surface area contributed by atoms with Crippen molar-refractivity contribution in [2.75, 3.05) is 18.6 Å². The molecule has 1 aliphatic heterocycles. The number of thioether (sulfide) groups is 1. The Morgan fingerprint density at radius 3 is 2.90 bits per heavy atom. The summed E-state index contributed by atoms with van der Waals surface area (Å²) in [5.41, 5.74) is 2.14. The number of methoxy groups -OCH3 is 1. The lowest BCUT2D eigenvalue weighted by Crippen LogP contribution is -2.33. The van der Waals surface area contributed by atoms with E-state index in [4.69, 9.17) is 4.74 Å². The van der Waals surface area contributed by atoms with E-state index < -0.39 is 0 Å². The largest absolute Gasteiger partial charge is 0.497 e. The summed E-state index contributed by atoms with van der Waals surface area (Å²) in [6.07, 6.45) is 4.61. The number of nitrogens with one attached hydrogen (secondary N) is 1. The SMILES string of the molecule is COc1ccc(-n2ccc(CN[C@H]3CCCSC3)n2)cc1. The molecule has 5 heteroatoms. The third-order valence-corrected chi connectivity index (χ3v) is 4.93. The van der Waals surface area contributed by atoms with Crippen molar-refractivity contribution in [3.05, 3.63) is 42.2 Å². The molecule has 0 aliphatic carbocycles. The second-order valence-electron chi connectivity index (χ2n) is 5.24. The zero-order valence-corrected chi connectivity index (χ0v) is 13.1. The van der Waals surface area contributed by atoms with Gasteiger partial charge in [0.05, 0.1) is 18.5 Å². The van der Waals surface area contributed by atoms with E-state index in [9.17, 15) is 0 Å². The molecular weight excluding hydrogens is 282 g/mol. The van der Waals surface area contributed by atoms with E-state index in [1.165, 1.54) is 24.3 Å². The van der Waals surface area contributed by atoms with Crippen LogP contribution in [0.1, 0.15) is 18.5 Å². The van der Waals surface area contributed by atoms with Crippen LogP contribution in [0.25, 0.3) is 5.69 Å². The first-order valence-corrected chi connectivity index (χ1v) is 8.51. The van der Waals surface area contributed by atoms with Crippen LogP contribution in [0.15, 0.2) is 36.5 Å². The average Bonchev–Trinajstić information content (AvgIpc) is 3.03. The van der Waals surface area contributed by atoms with Gasteiger partial charge in [-0.25, -0.2) is 4.68 Å². The van der Waals surface area contributed by atoms with Gasteiger partial charge in [-0.3, -0.25) is 0 Å². The van der Waals surface area contributed by atoms with Gasteiger partial charge in [0, 0.05) is 24.5 Å². The average molecular weight is 303 g/mol. The molecule has 2 aromatic rings. The van der Waals surface area contributed by atoms with Crippen molar-refractivity contribution in [1.29, 1.82) is 0 Å². The minimum atomic E-state index is 0.634. The van der Waals surface area contributed by atoms with Gasteiger partial charge in [-0.15, -0.1) is 0 Å². The van der Waals surface area contributed by atoms with Crippen LogP contribution in [0.5, 0.6) is 5.75 Å². The van der Waals surface area contributed by atoms with Crippen LogP contribution in [0.2, 0.25) is 0 Å². The highest BCUT2D eigenvalue weighted by molar-refractivity contribution is 7.99. The van der Waals surface area contributed by atoms with E-state index in [0.717, 1.165) is 23.7 Å². The second kappa shape index (κ2) is 7.00. The fourth-order valence-corrected chi connectivity index (χ4v) is 3.59. The highest BCUT2D eigenvalue weighted by Crippen LogP contribution is 2.17. The molecule has 1 aliphatic rings. The number of hydrogen-bond acceptors (Lipinski definition) is 4. The maximum absolute atomic E-state index is 5.17. The van der Waals surface area contributed by atoms with Crippen LogP contribution in [-0.4, -0.2) is 34.4 Å². The van der Waals surface area contributed by atoms with Crippen molar-refractivity contribution in [1.82, 2.24) is 15.1 Å². The van der Waals surface area contributed by atoms with E-state index in [-0.39, 0.29) is 0 Å². The van der Waals surface area contributed by atoms with Gasteiger partial charge in [-0.1, -0.05) is 0 Å². The van der Waals surface area contributed by atoms with Crippen molar-refractivity contribution in [3.63, 3.8) is 0 Å².